The largest absolute Gasteiger partial charge is 0.496 e. The Kier molecular flexibility index (Phi) is 3.37. The molecule has 0 saturated carbocycles. The standard InChI is InChI=1S/C14H13NO4/c1-8-7-9(3-6-12(8)19-2)11-5-4-10(14(17)18)13(16)15-11/h3-7H,1-2H3,(H,15,16)(H,17,18). The predicted molar refractivity (Wildman–Crippen MR) is 70.7 cm³/mol. The molecule has 2 rings (SSSR count). The van der Waals surface area contributed by atoms with Crippen LogP contribution in [-0.4, -0.2) is 23.2 Å². The molecule has 1 heterocycles. The summed E-state index contributed by atoms with van der Waals surface area (Å²) in [6, 6.07) is 8.35. The Morgan fingerprint density at radius 2 is 2.00 bits per heavy atom. The van der Waals surface area contributed by atoms with Gasteiger partial charge in [-0.15, -0.1) is 0 Å². The number of carboxylic acid groups (broad SMARTS) is 1. The molecule has 0 saturated heterocycles. The molecule has 0 aliphatic rings. The molecule has 0 atom stereocenters. The van der Waals surface area contributed by atoms with Crippen molar-refractivity contribution in [3.8, 4) is 17.0 Å². The summed E-state index contributed by atoms with van der Waals surface area (Å²) in [5, 5.41) is 8.80. The van der Waals surface area contributed by atoms with Crippen LogP contribution in [0.5, 0.6) is 5.75 Å². The zero-order valence-electron chi connectivity index (χ0n) is 10.6. The number of H-pyrrole nitrogens is 1. The summed E-state index contributed by atoms with van der Waals surface area (Å²) >= 11 is 0. The van der Waals surface area contributed by atoms with Crippen molar-refractivity contribution in [3.05, 3.63) is 51.8 Å². The lowest BCUT2D eigenvalue weighted by molar-refractivity contribution is 0.0695. The number of pyridine rings is 1. The molecule has 0 amide bonds. The number of carboxylic acids is 1. The fourth-order valence-electron chi connectivity index (χ4n) is 1.86. The van der Waals surface area contributed by atoms with E-state index >= 15 is 0 Å². The number of aromatic carboxylic acids is 1. The second kappa shape index (κ2) is 4.97. The van der Waals surface area contributed by atoms with E-state index in [4.69, 9.17) is 9.84 Å². The van der Waals surface area contributed by atoms with Gasteiger partial charge in [0.2, 0.25) is 0 Å². The van der Waals surface area contributed by atoms with Crippen LogP contribution in [0.15, 0.2) is 35.1 Å². The second-order valence-corrected chi connectivity index (χ2v) is 4.10. The number of ether oxygens (including phenoxy) is 1. The number of carbonyl (C=O) groups is 1. The number of rotatable bonds is 3. The normalized spacial score (nSPS) is 10.2. The average molecular weight is 259 g/mol. The number of hydrogen-bond acceptors (Lipinski definition) is 3. The van der Waals surface area contributed by atoms with E-state index in [1.165, 1.54) is 6.07 Å². The van der Waals surface area contributed by atoms with Crippen molar-refractivity contribution >= 4 is 5.97 Å². The lowest BCUT2D eigenvalue weighted by Gasteiger charge is -2.07. The zero-order chi connectivity index (χ0) is 14.0. The van der Waals surface area contributed by atoms with Gasteiger partial charge in [0.15, 0.2) is 0 Å². The topological polar surface area (TPSA) is 79.4 Å². The van der Waals surface area contributed by atoms with Gasteiger partial charge in [0.05, 0.1) is 7.11 Å². The molecule has 0 unspecified atom stereocenters. The van der Waals surface area contributed by atoms with E-state index in [-0.39, 0.29) is 5.56 Å². The number of hydrogen-bond donors (Lipinski definition) is 2. The predicted octanol–water partition coefficient (Wildman–Crippen LogP) is 2.06. The summed E-state index contributed by atoms with van der Waals surface area (Å²) in [7, 11) is 1.59. The van der Waals surface area contributed by atoms with Crippen LogP contribution in [-0.2, 0) is 0 Å². The lowest BCUT2D eigenvalue weighted by atomic mass is 10.1. The van der Waals surface area contributed by atoms with Gasteiger partial charge in [0.1, 0.15) is 11.3 Å². The fraction of sp³-hybridized carbons (Fsp3) is 0.143. The fourth-order valence-corrected chi connectivity index (χ4v) is 1.86. The third-order valence-electron chi connectivity index (χ3n) is 2.85. The van der Waals surface area contributed by atoms with Gasteiger partial charge in [0.25, 0.3) is 5.56 Å². The lowest BCUT2D eigenvalue weighted by Crippen LogP contribution is -2.17. The maximum atomic E-state index is 11.6. The van der Waals surface area contributed by atoms with E-state index in [9.17, 15) is 9.59 Å². The molecular weight excluding hydrogens is 246 g/mol. The van der Waals surface area contributed by atoms with Crippen molar-refractivity contribution in [3.63, 3.8) is 0 Å². The Balaban J connectivity index is 2.48. The third kappa shape index (κ3) is 2.49. The van der Waals surface area contributed by atoms with Crippen LogP contribution in [0, 0.1) is 6.92 Å². The highest BCUT2D eigenvalue weighted by Crippen LogP contribution is 2.24. The molecule has 1 aromatic carbocycles. The number of benzene rings is 1. The molecule has 2 aromatic rings. The van der Waals surface area contributed by atoms with Crippen molar-refractivity contribution in [1.29, 1.82) is 0 Å². The molecule has 5 nitrogen and oxygen atoms in total. The van der Waals surface area contributed by atoms with Crippen LogP contribution in [0.2, 0.25) is 0 Å². The first-order chi connectivity index (χ1) is 9.02. The highest BCUT2D eigenvalue weighted by Gasteiger charge is 2.10. The van der Waals surface area contributed by atoms with Gasteiger partial charge in [0, 0.05) is 5.69 Å². The number of methoxy groups -OCH3 is 1. The minimum absolute atomic E-state index is 0.269. The molecule has 2 N–H and O–H groups in total. The SMILES string of the molecule is COc1ccc(-c2ccc(C(=O)O)c(=O)[nH]2)cc1C. The number of nitrogens with one attached hydrogen (secondary N) is 1. The summed E-state index contributed by atoms with van der Waals surface area (Å²) in [5.74, 6) is -0.480. The van der Waals surface area contributed by atoms with Crippen molar-refractivity contribution in [1.82, 2.24) is 4.98 Å². The second-order valence-electron chi connectivity index (χ2n) is 4.10. The van der Waals surface area contributed by atoms with Crippen LogP contribution >= 0.6 is 0 Å². The Hall–Kier alpha value is -2.56. The van der Waals surface area contributed by atoms with Crippen LogP contribution in [0.1, 0.15) is 15.9 Å². The molecule has 5 heteroatoms. The van der Waals surface area contributed by atoms with Crippen LogP contribution in [0.25, 0.3) is 11.3 Å². The summed E-state index contributed by atoms with van der Waals surface area (Å²) in [6.45, 7) is 1.89. The monoisotopic (exact) mass is 259 g/mol. The Bertz CT molecular complexity index is 688. The van der Waals surface area contributed by atoms with Crippen molar-refractivity contribution in [2.45, 2.75) is 6.92 Å². The van der Waals surface area contributed by atoms with E-state index in [0.717, 1.165) is 16.9 Å². The highest BCUT2D eigenvalue weighted by molar-refractivity contribution is 5.87. The minimum Gasteiger partial charge on any atom is -0.496 e. The third-order valence-corrected chi connectivity index (χ3v) is 2.85. The minimum atomic E-state index is -1.24. The van der Waals surface area contributed by atoms with Crippen molar-refractivity contribution in [2.75, 3.05) is 7.11 Å². The Labute approximate surface area is 109 Å². The van der Waals surface area contributed by atoms with Crippen LogP contribution in [0.4, 0.5) is 0 Å². The van der Waals surface area contributed by atoms with Gasteiger partial charge >= 0.3 is 5.97 Å². The molecule has 1 aromatic heterocycles. The molecule has 19 heavy (non-hydrogen) atoms. The molecule has 0 fully saturated rings. The molecule has 98 valence electrons. The molecular formula is C14H13NO4. The van der Waals surface area contributed by atoms with Gasteiger partial charge < -0.3 is 14.8 Å². The molecule has 0 aliphatic carbocycles. The number of aromatic nitrogens is 1. The first-order valence-corrected chi connectivity index (χ1v) is 5.64. The van der Waals surface area contributed by atoms with E-state index in [2.05, 4.69) is 4.98 Å². The van der Waals surface area contributed by atoms with E-state index in [1.54, 1.807) is 25.3 Å². The maximum absolute atomic E-state index is 11.6. The smallest absolute Gasteiger partial charge is 0.341 e. The number of aryl methyl sites for hydroxylation is 1. The summed E-state index contributed by atoms with van der Waals surface area (Å²) < 4.78 is 5.16. The van der Waals surface area contributed by atoms with Crippen molar-refractivity contribution < 1.29 is 14.6 Å². The number of aromatic amines is 1. The Morgan fingerprint density at radius 1 is 1.26 bits per heavy atom. The average Bonchev–Trinajstić information content (AvgIpc) is 2.38. The van der Waals surface area contributed by atoms with E-state index < -0.39 is 11.5 Å². The Morgan fingerprint density at radius 3 is 2.53 bits per heavy atom. The highest BCUT2D eigenvalue weighted by atomic mass is 16.5. The summed E-state index contributed by atoms with van der Waals surface area (Å²) in [6.07, 6.45) is 0. The quantitative estimate of drug-likeness (QED) is 0.884. The summed E-state index contributed by atoms with van der Waals surface area (Å²) in [5.41, 5.74) is 1.42. The van der Waals surface area contributed by atoms with Crippen molar-refractivity contribution in [2.24, 2.45) is 0 Å². The maximum Gasteiger partial charge on any atom is 0.341 e. The molecule has 0 radical (unpaired) electrons. The van der Waals surface area contributed by atoms with Crippen LogP contribution in [0.3, 0.4) is 0 Å². The first-order valence-electron chi connectivity index (χ1n) is 5.64. The van der Waals surface area contributed by atoms with Gasteiger partial charge in [-0.1, -0.05) is 0 Å². The molecule has 0 spiro atoms. The van der Waals surface area contributed by atoms with Crippen LogP contribution < -0.4 is 10.3 Å². The summed E-state index contributed by atoms with van der Waals surface area (Å²) in [4.78, 5) is 24.9. The molecule has 0 bridgehead atoms. The van der Waals surface area contributed by atoms with Gasteiger partial charge in [-0.25, -0.2) is 4.79 Å². The molecule has 0 aliphatic heterocycles. The van der Waals surface area contributed by atoms with Gasteiger partial charge in [-0.2, -0.15) is 0 Å². The first kappa shape index (κ1) is 12.9. The van der Waals surface area contributed by atoms with Gasteiger partial charge in [-0.05, 0) is 48.4 Å². The zero-order valence-corrected chi connectivity index (χ0v) is 10.6. The van der Waals surface area contributed by atoms with Gasteiger partial charge in [-0.3, -0.25) is 4.79 Å². The van der Waals surface area contributed by atoms with E-state index in [1.807, 2.05) is 13.0 Å². The van der Waals surface area contributed by atoms with E-state index in [0.29, 0.717) is 5.69 Å².